The van der Waals surface area contributed by atoms with Crippen LogP contribution >= 0.6 is 0 Å². The summed E-state index contributed by atoms with van der Waals surface area (Å²) >= 11 is 0. The van der Waals surface area contributed by atoms with Crippen molar-refractivity contribution >= 4 is 11.4 Å². The summed E-state index contributed by atoms with van der Waals surface area (Å²) in [5.74, 6) is 0.646. The van der Waals surface area contributed by atoms with E-state index >= 15 is 0 Å². The van der Waals surface area contributed by atoms with E-state index in [1.54, 1.807) is 0 Å². The van der Waals surface area contributed by atoms with Gasteiger partial charge in [0.25, 0.3) is 0 Å². The van der Waals surface area contributed by atoms with Gasteiger partial charge in [-0.1, -0.05) is 6.07 Å². The molecule has 0 bridgehead atoms. The van der Waals surface area contributed by atoms with Gasteiger partial charge in [-0.05, 0) is 31.0 Å². The fraction of sp³-hybridized carbons (Fsp3) is 0.500. The molecule has 3 N–H and O–H groups in total. The van der Waals surface area contributed by atoms with E-state index in [-0.39, 0.29) is 0 Å². The van der Waals surface area contributed by atoms with E-state index in [2.05, 4.69) is 11.4 Å². The monoisotopic (exact) mass is 206 g/mol. The Morgan fingerprint density at radius 2 is 2.40 bits per heavy atom. The molecule has 0 radical (unpaired) electrons. The van der Waals surface area contributed by atoms with Crippen LogP contribution in [0.2, 0.25) is 0 Å². The Kier molecular flexibility index (Phi) is 3.11. The van der Waals surface area contributed by atoms with Crippen LogP contribution in [0.4, 0.5) is 11.4 Å². The zero-order chi connectivity index (χ0) is 10.7. The molecule has 0 saturated carbocycles. The topological polar surface area (TPSA) is 47.3 Å². The van der Waals surface area contributed by atoms with Gasteiger partial charge in [-0.3, -0.25) is 0 Å². The zero-order valence-corrected chi connectivity index (χ0v) is 9.12. The van der Waals surface area contributed by atoms with Crippen molar-refractivity contribution in [3.63, 3.8) is 0 Å². The lowest BCUT2D eigenvalue weighted by molar-refractivity contribution is 0.187. The van der Waals surface area contributed by atoms with Crippen molar-refractivity contribution < 1.29 is 4.74 Å². The number of nitrogens with one attached hydrogen (secondary N) is 1. The summed E-state index contributed by atoms with van der Waals surface area (Å²) in [7, 11) is 0. The molecule has 1 saturated heterocycles. The fourth-order valence-electron chi connectivity index (χ4n) is 1.76. The summed E-state index contributed by atoms with van der Waals surface area (Å²) < 4.78 is 5.32. The number of aryl methyl sites for hydroxylation is 1. The van der Waals surface area contributed by atoms with Gasteiger partial charge in [-0.25, -0.2) is 0 Å². The fourth-order valence-corrected chi connectivity index (χ4v) is 1.76. The molecule has 0 aromatic heterocycles. The second kappa shape index (κ2) is 4.53. The maximum atomic E-state index is 5.84. The maximum Gasteiger partial charge on any atom is 0.0511 e. The molecule has 82 valence electrons. The summed E-state index contributed by atoms with van der Waals surface area (Å²) in [5, 5.41) is 3.39. The first kappa shape index (κ1) is 10.3. The van der Waals surface area contributed by atoms with E-state index in [1.807, 2.05) is 19.1 Å². The highest BCUT2D eigenvalue weighted by molar-refractivity contribution is 5.58. The molecule has 1 atom stereocenters. The lowest BCUT2D eigenvalue weighted by atomic mass is 10.1. The third-order valence-electron chi connectivity index (χ3n) is 2.90. The molecule has 2 rings (SSSR count). The van der Waals surface area contributed by atoms with E-state index in [9.17, 15) is 0 Å². The molecule has 1 aromatic rings. The highest BCUT2D eigenvalue weighted by Crippen LogP contribution is 2.18. The molecule has 0 spiro atoms. The van der Waals surface area contributed by atoms with Gasteiger partial charge in [0.15, 0.2) is 0 Å². The van der Waals surface area contributed by atoms with E-state index < -0.39 is 0 Å². The number of anilines is 2. The van der Waals surface area contributed by atoms with Crippen molar-refractivity contribution in [2.75, 3.05) is 30.8 Å². The van der Waals surface area contributed by atoms with Crippen molar-refractivity contribution in [3.8, 4) is 0 Å². The van der Waals surface area contributed by atoms with Crippen LogP contribution in [0.3, 0.4) is 0 Å². The van der Waals surface area contributed by atoms with Crippen LogP contribution in [0, 0.1) is 12.8 Å². The number of nitrogens with two attached hydrogens (primary N) is 1. The van der Waals surface area contributed by atoms with Crippen molar-refractivity contribution in [1.29, 1.82) is 0 Å². The largest absolute Gasteiger partial charge is 0.398 e. The lowest BCUT2D eigenvalue weighted by Gasteiger charge is -2.11. The summed E-state index contributed by atoms with van der Waals surface area (Å²) in [4.78, 5) is 0. The van der Waals surface area contributed by atoms with Crippen LogP contribution in [0.1, 0.15) is 12.0 Å². The molecule has 1 aliphatic heterocycles. The quantitative estimate of drug-likeness (QED) is 0.744. The summed E-state index contributed by atoms with van der Waals surface area (Å²) in [6.07, 6.45) is 1.16. The second-order valence-corrected chi connectivity index (χ2v) is 4.18. The summed E-state index contributed by atoms with van der Waals surface area (Å²) in [5.41, 5.74) is 8.92. The van der Waals surface area contributed by atoms with Gasteiger partial charge in [-0.2, -0.15) is 0 Å². The van der Waals surface area contributed by atoms with Crippen molar-refractivity contribution in [1.82, 2.24) is 0 Å². The Morgan fingerprint density at radius 3 is 3.07 bits per heavy atom. The lowest BCUT2D eigenvalue weighted by Crippen LogP contribution is -2.14. The predicted molar refractivity (Wildman–Crippen MR) is 63.0 cm³/mol. The minimum atomic E-state index is 0.646. The maximum absolute atomic E-state index is 5.84. The minimum absolute atomic E-state index is 0.646. The Morgan fingerprint density at radius 1 is 1.53 bits per heavy atom. The SMILES string of the molecule is Cc1ccc(NCC2CCOC2)cc1N. The summed E-state index contributed by atoms with van der Waals surface area (Å²) in [6, 6.07) is 6.11. The first-order chi connectivity index (χ1) is 7.25. The predicted octanol–water partition coefficient (Wildman–Crippen LogP) is 2.03. The third-order valence-corrected chi connectivity index (χ3v) is 2.90. The molecule has 1 unspecified atom stereocenters. The van der Waals surface area contributed by atoms with Gasteiger partial charge in [0, 0.05) is 30.4 Å². The number of ether oxygens (including phenoxy) is 1. The molecule has 15 heavy (non-hydrogen) atoms. The summed E-state index contributed by atoms with van der Waals surface area (Å²) in [6.45, 7) is 4.78. The van der Waals surface area contributed by atoms with Crippen molar-refractivity contribution in [3.05, 3.63) is 23.8 Å². The van der Waals surface area contributed by atoms with Gasteiger partial charge < -0.3 is 15.8 Å². The number of hydrogen-bond acceptors (Lipinski definition) is 3. The first-order valence-corrected chi connectivity index (χ1v) is 5.43. The van der Waals surface area contributed by atoms with E-state index in [0.717, 1.165) is 43.1 Å². The highest BCUT2D eigenvalue weighted by atomic mass is 16.5. The van der Waals surface area contributed by atoms with E-state index in [4.69, 9.17) is 10.5 Å². The van der Waals surface area contributed by atoms with E-state index in [0.29, 0.717) is 5.92 Å². The van der Waals surface area contributed by atoms with Gasteiger partial charge >= 0.3 is 0 Å². The molecule has 1 aliphatic rings. The Bertz CT molecular complexity index is 332. The smallest absolute Gasteiger partial charge is 0.0511 e. The Hall–Kier alpha value is -1.22. The molecule has 0 amide bonds. The standard InChI is InChI=1S/C12H18N2O/c1-9-2-3-11(6-12(9)13)14-7-10-4-5-15-8-10/h2-3,6,10,14H,4-5,7-8,13H2,1H3. The van der Waals surface area contributed by atoms with Gasteiger partial charge in [0.1, 0.15) is 0 Å². The average Bonchev–Trinajstić information content (AvgIpc) is 2.73. The number of rotatable bonds is 3. The Labute approximate surface area is 90.6 Å². The number of benzene rings is 1. The molecule has 0 aliphatic carbocycles. The molecular weight excluding hydrogens is 188 g/mol. The molecule has 1 heterocycles. The minimum Gasteiger partial charge on any atom is -0.398 e. The van der Waals surface area contributed by atoms with Crippen molar-refractivity contribution in [2.45, 2.75) is 13.3 Å². The van der Waals surface area contributed by atoms with Crippen LogP contribution in [-0.4, -0.2) is 19.8 Å². The second-order valence-electron chi connectivity index (χ2n) is 4.18. The molecule has 1 fully saturated rings. The Balaban J connectivity index is 1.90. The number of nitrogen functional groups attached to an aromatic ring is 1. The average molecular weight is 206 g/mol. The zero-order valence-electron chi connectivity index (χ0n) is 9.12. The van der Waals surface area contributed by atoms with E-state index in [1.165, 1.54) is 0 Å². The van der Waals surface area contributed by atoms with Crippen LogP contribution < -0.4 is 11.1 Å². The van der Waals surface area contributed by atoms with Gasteiger partial charge in [0.2, 0.25) is 0 Å². The molecule has 3 nitrogen and oxygen atoms in total. The van der Waals surface area contributed by atoms with Crippen LogP contribution in [0.5, 0.6) is 0 Å². The molecule has 3 heteroatoms. The first-order valence-electron chi connectivity index (χ1n) is 5.43. The number of hydrogen-bond donors (Lipinski definition) is 2. The van der Waals surface area contributed by atoms with Gasteiger partial charge in [-0.15, -0.1) is 0 Å². The molecule has 1 aromatic carbocycles. The van der Waals surface area contributed by atoms with Crippen molar-refractivity contribution in [2.24, 2.45) is 5.92 Å². The normalized spacial score (nSPS) is 20.5. The molecular formula is C12H18N2O. The highest BCUT2D eigenvalue weighted by Gasteiger charge is 2.14. The third kappa shape index (κ3) is 2.63. The van der Waals surface area contributed by atoms with Crippen LogP contribution in [-0.2, 0) is 4.74 Å². The van der Waals surface area contributed by atoms with Crippen LogP contribution in [0.25, 0.3) is 0 Å². The van der Waals surface area contributed by atoms with Crippen LogP contribution in [0.15, 0.2) is 18.2 Å². The van der Waals surface area contributed by atoms with Gasteiger partial charge in [0.05, 0.1) is 6.61 Å².